The van der Waals surface area contributed by atoms with Gasteiger partial charge in [0.2, 0.25) is 0 Å². The van der Waals surface area contributed by atoms with Gasteiger partial charge in [-0.25, -0.2) is 0 Å². The van der Waals surface area contributed by atoms with E-state index in [1.165, 1.54) is 0 Å². The van der Waals surface area contributed by atoms with Gasteiger partial charge < -0.3 is 11.6 Å². The molecule has 0 spiro atoms. The van der Waals surface area contributed by atoms with Gasteiger partial charge in [-0.2, -0.15) is 0 Å². The molecule has 0 aliphatic carbocycles. The number of hydrogen-bond acceptors (Lipinski definition) is 2. The normalized spacial score (nSPS) is 11.3. The van der Waals surface area contributed by atoms with Crippen LogP contribution in [0, 0.1) is 17.3 Å². The molecule has 0 heterocycles. The molecule has 0 aromatic rings. The first-order valence-electron chi connectivity index (χ1n) is 4.24. The van der Waals surface area contributed by atoms with Crippen LogP contribution in [-0.2, 0) is 9.59 Å². The number of carboxylic acids is 2. The monoisotopic (exact) mass is 196 g/mol. The Hall–Kier alpha value is -0.463. The van der Waals surface area contributed by atoms with Crippen LogP contribution in [0.15, 0.2) is 0 Å². The number of rotatable bonds is 4. The van der Waals surface area contributed by atoms with Crippen LogP contribution in [0.5, 0.6) is 0 Å². The van der Waals surface area contributed by atoms with Crippen molar-refractivity contribution >= 4 is 11.9 Å². The van der Waals surface area contributed by atoms with Crippen LogP contribution in [0.2, 0.25) is 0 Å². The number of carbonyl (C=O) groups is 2. The van der Waals surface area contributed by atoms with Gasteiger partial charge in [0.15, 0.2) is 5.41 Å². The molecule has 4 nitrogen and oxygen atoms in total. The van der Waals surface area contributed by atoms with E-state index in [4.69, 9.17) is 10.2 Å². The summed E-state index contributed by atoms with van der Waals surface area (Å²) in [5.41, 5.74) is -1.67. The minimum Gasteiger partial charge on any atom is -1.00 e. The summed E-state index contributed by atoms with van der Waals surface area (Å²) < 4.78 is 0. The Kier molecular flexibility index (Phi) is 6.20. The van der Waals surface area contributed by atoms with Crippen molar-refractivity contribution < 1.29 is 40.1 Å². The average molecular weight is 196 g/mol. The first-order chi connectivity index (χ1) is 5.77. The fraction of sp³-hybridized carbons (Fsp3) is 0.778. The van der Waals surface area contributed by atoms with Gasteiger partial charge in [-0.1, -0.05) is 27.7 Å². The fourth-order valence-corrected chi connectivity index (χ4v) is 1.75. The molecule has 2 N–H and O–H groups in total. The van der Waals surface area contributed by atoms with Crippen LogP contribution in [0.1, 0.15) is 29.1 Å². The number of carboxylic acid groups (broad SMARTS) is 2. The predicted molar refractivity (Wildman–Crippen MR) is 48.5 cm³/mol. The van der Waals surface area contributed by atoms with Gasteiger partial charge in [-0.05, 0) is 11.8 Å². The minimum atomic E-state index is -1.67. The van der Waals surface area contributed by atoms with Gasteiger partial charge in [0.1, 0.15) is 0 Å². The maximum atomic E-state index is 11.0. The smallest absolute Gasteiger partial charge is 1.00 e. The molecule has 0 fully saturated rings. The summed E-state index contributed by atoms with van der Waals surface area (Å²) in [6.45, 7) is 6.45. The Labute approximate surface area is 97.4 Å². The van der Waals surface area contributed by atoms with E-state index in [-0.39, 0.29) is 20.3 Å². The second-order valence-corrected chi connectivity index (χ2v) is 3.79. The average Bonchev–Trinajstić information content (AvgIpc) is 1.82. The van der Waals surface area contributed by atoms with Gasteiger partial charge >= 0.3 is 30.8 Å². The molecule has 0 radical (unpaired) electrons. The SMILES string of the molecule is CC(C)C(C(=O)O)(C(=O)O)C(C)C.[H-].[Li+]. The van der Waals surface area contributed by atoms with Crippen LogP contribution in [-0.4, -0.2) is 22.2 Å². The molecule has 0 saturated heterocycles. The number of hydrogen-bond donors (Lipinski definition) is 2. The zero-order chi connectivity index (χ0) is 10.8. The first-order valence-corrected chi connectivity index (χ1v) is 4.24. The maximum absolute atomic E-state index is 11.0. The molecule has 0 rings (SSSR count). The van der Waals surface area contributed by atoms with Crippen LogP contribution in [0.25, 0.3) is 0 Å². The van der Waals surface area contributed by atoms with E-state index >= 15 is 0 Å². The minimum absolute atomic E-state index is 0. The van der Waals surface area contributed by atoms with Crippen molar-refractivity contribution in [3.8, 4) is 0 Å². The van der Waals surface area contributed by atoms with Gasteiger partial charge in [0.05, 0.1) is 0 Å². The summed E-state index contributed by atoms with van der Waals surface area (Å²) in [6.07, 6.45) is 0. The molecule has 0 aliphatic rings. The molecule has 78 valence electrons. The van der Waals surface area contributed by atoms with Crippen molar-refractivity contribution in [1.82, 2.24) is 0 Å². The van der Waals surface area contributed by atoms with Crippen molar-refractivity contribution in [2.45, 2.75) is 27.7 Å². The Morgan fingerprint density at radius 2 is 1.21 bits per heavy atom. The van der Waals surface area contributed by atoms with Crippen molar-refractivity contribution in [3.63, 3.8) is 0 Å². The first kappa shape index (κ1) is 16.0. The molecule has 0 amide bonds. The van der Waals surface area contributed by atoms with Crippen molar-refractivity contribution in [3.05, 3.63) is 0 Å². The van der Waals surface area contributed by atoms with Gasteiger partial charge in [-0.15, -0.1) is 0 Å². The van der Waals surface area contributed by atoms with Crippen molar-refractivity contribution in [1.29, 1.82) is 0 Å². The van der Waals surface area contributed by atoms with E-state index < -0.39 is 29.2 Å². The third-order valence-electron chi connectivity index (χ3n) is 2.53. The molecule has 0 bridgehead atoms. The molecule has 5 heteroatoms. The van der Waals surface area contributed by atoms with E-state index in [0.29, 0.717) is 0 Å². The van der Waals surface area contributed by atoms with Gasteiger partial charge in [0, 0.05) is 0 Å². The Balaban J connectivity index is -0.000000720. The molecular weight excluding hydrogens is 179 g/mol. The van der Waals surface area contributed by atoms with E-state index in [1.54, 1.807) is 27.7 Å². The summed E-state index contributed by atoms with van der Waals surface area (Å²) in [5, 5.41) is 17.9. The molecule has 0 atom stereocenters. The standard InChI is InChI=1S/C9H16O4.Li.H/c1-5(2)9(6(3)4,7(10)11)8(12)13;;/h5-6H,1-4H3,(H,10,11)(H,12,13);;/q;+1;-1. The summed E-state index contributed by atoms with van der Waals surface area (Å²) in [4.78, 5) is 21.9. The molecule has 0 unspecified atom stereocenters. The van der Waals surface area contributed by atoms with E-state index in [1.807, 2.05) is 0 Å². The van der Waals surface area contributed by atoms with Gasteiger partial charge in [-0.3, -0.25) is 9.59 Å². The summed E-state index contributed by atoms with van der Waals surface area (Å²) in [7, 11) is 0. The topological polar surface area (TPSA) is 74.6 Å². The predicted octanol–water partition coefficient (Wildman–Crippen LogP) is -1.43. The zero-order valence-electron chi connectivity index (χ0n) is 10.4. The molecule has 0 aromatic carbocycles. The number of aliphatic carboxylic acids is 2. The summed E-state index contributed by atoms with van der Waals surface area (Å²) in [6, 6.07) is 0. The van der Waals surface area contributed by atoms with E-state index in [2.05, 4.69) is 0 Å². The summed E-state index contributed by atoms with van der Waals surface area (Å²) >= 11 is 0. The quantitative estimate of drug-likeness (QED) is 0.427. The van der Waals surface area contributed by atoms with E-state index in [0.717, 1.165) is 0 Å². The van der Waals surface area contributed by atoms with Gasteiger partial charge in [0.25, 0.3) is 0 Å². The van der Waals surface area contributed by atoms with Crippen LogP contribution in [0.3, 0.4) is 0 Å². The summed E-state index contributed by atoms with van der Waals surface area (Å²) in [5.74, 6) is -3.38. The molecule has 0 aliphatic heterocycles. The molecule has 0 aromatic heterocycles. The Morgan fingerprint density at radius 1 is 1.00 bits per heavy atom. The molecular formula is C9H17LiO4. The van der Waals surface area contributed by atoms with Crippen LogP contribution >= 0.6 is 0 Å². The second-order valence-electron chi connectivity index (χ2n) is 3.79. The maximum Gasteiger partial charge on any atom is 1.00 e. The van der Waals surface area contributed by atoms with Crippen LogP contribution < -0.4 is 18.9 Å². The third kappa shape index (κ3) is 2.31. The van der Waals surface area contributed by atoms with E-state index in [9.17, 15) is 9.59 Å². The third-order valence-corrected chi connectivity index (χ3v) is 2.53. The second kappa shape index (κ2) is 5.43. The molecule has 14 heavy (non-hydrogen) atoms. The van der Waals surface area contributed by atoms with Crippen molar-refractivity contribution in [2.24, 2.45) is 17.3 Å². The van der Waals surface area contributed by atoms with Crippen LogP contribution in [0.4, 0.5) is 0 Å². The molecule has 0 saturated carbocycles. The Morgan fingerprint density at radius 3 is 1.21 bits per heavy atom. The zero-order valence-corrected chi connectivity index (χ0v) is 9.37. The fourth-order valence-electron chi connectivity index (χ4n) is 1.75. The van der Waals surface area contributed by atoms with Crippen molar-refractivity contribution in [2.75, 3.05) is 0 Å². The largest absolute Gasteiger partial charge is 1.00 e. The Bertz CT molecular complexity index is 204.